The standard InChI is InChI=1S/C18H35N3/c1-15(2)20-10-7-18(14-20)5-8-19(9-6-18)11-17-12-21(13-17)16(3)4/h15-17H,5-14H2,1-4H3. The van der Waals surface area contributed by atoms with Crippen molar-refractivity contribution in [1.82, 2.24) is 14.7 Å². The highest BCUT2D eigenvalue weighted by atomic mass is 15.2. The monoisotopic (exact) mass is 293 g/mol. The lowest BCUT2D eigenvalue weighted by Gasteiger charge is -2.46. The second kappa shape index (κ2) is 6.17. The smallest absolute Gasteiger partial charge is 0.00421 e. The van der Waals surface area contributed by atoms with Crippen molar-refractivity contribution in [3.63, 3.8) is 0 Å². The highest BCUT2D eigenvalue weighted by Gasteiger charge is 2.41. The predicted molar refractivity (Wildman–Crippen MR) is 89.6 cm³/mol. The number of hydrogen-bond donors (Lipinski definition) is 0. The van der Waals surface area contributed by atoms with Crippen LogP contribution in [0.25, 0.3) is 0 Å². The topological polar surface area (TPSA) is 9.72 Å². The Bertz CT molecular complexity index is 338. The van der Waals surface area contributed by atoms with Crippen LogP contribution in [0.1, 0.15) is 47.0 Å². The molecular formula is C18H35N3. The maximum absolute atomic E-state index is 2.76. The fourth-order valence-corrected chi connectivity index (χ4v) is 4.54. The summed E-state index contributed by atoms with van der Waals surface area (Å²) in [5.41, 5.74) is 0.671. The lowest BCUT2D eigenvalue weighted by atomic mass is 9.77. The summed E-state index contributed by atoms with van der Waals surface area (Å²) in [6.45, 7) is 18.8. The van der Waals surface area contributed by atoms with Crippen LogP contribution >= 0.6 is 0 Å². The van der Waals surface area contributed by atoms with Crippen molar-refractivity contribution in [3.8, 4) is 0 Å². The Morgan fingerprint density at radius 3 is 1.95 bits per heavy atom. The molecule has 3 nitrogen and oxygen atoms in total. The fraction of sp³-hybridized carbons (Fsp3) is 1.00. The Kier molecular flexibility index (Phi) is 4.63. The Morgan fingerprint density at radius 2 is 1.43 bits per heavy atom. The van der Waals surface area contributed by atoms with Crippen molar-refractivity contribution >= 4 is 0 Å². The molecule has 21 heavy (non-hydrogen) atoms. The average molecular weight is 293 g/mol. The van der Waals surface area contributed by atoms with Crippen LogP contribution in [0.5, 0.6) is 0 Å². The van der Waals surface area contributed by atoms with Gasteiger partial charge in [0.05, 0.1) is 0 Å². The molecule has 3 rings (SSSR count). The van der Waals surface area contributed by atoms with E-state index in [0.717, 1.165) is 18.0 Å². The molecule has 0 aromatic rings. The zero-order valence-corrected chi connectivity index (χ0v) is 14.6. The summed E-state index contributed by atoms with van der Waals surface area (Å²) in [7, 11) is 0. The summed E-state index contributed by atoms with van der Waals surface area (Å²) in [5, 5.41) is 0. The summed E-state index contributed by atoms with van der Waals surface area (Å²) in [6.07, 6.45) is 4.33. The maximum atomic E-state index is 2.76. The van der Waals surface area contributed by atoms with Crippen molar-refractivity contribution < 1.29 is 0 Å². The summed E-state index contributed by atoms with van der Waals surface area (Å²) in [6, 6.07) is 1.48. The largest absolute Gasteiger partial charge is 0.303 e. The van der Waals surface area contributed by atoms with E-state index in [4.69, 9.17) is 0 Å². The molecule has 0 aliphatic carbocycles. The van der Waals surface area contributed by atoms with Gasteiger partial charge in [0.15, 0.2) is 0 Å². The molecule has 0 bridgehead atoms. The van der Waals surface area contributed by atoms with Gasteiger partial charge >= 0.3 is 0 Å². The van der Waals surface area contributed by atoms with Crippen LogP contribution in [-0.2, 0) is 0 Å². The highest BCUT2D eigenvalue weighted by molar-refractivity contribution is 4.95. The highest BCUT2D eigenvalue weighted by Crippen LogP contribution is 2.41. The first-order valence-electron chi connectivity index (χ1n) is 9.18. The molecule has 0 aromatic heterocycles. The first kappa shape index (κ1) is 15.8. The van der Waals surface area contributed by atoms with Gasteiger partial charge in [0, 0.05) is 38.3 Å². The van der Waals surface area contributed by atoms with Crippen LogP contribution in [-0.4, -0.2) is 72.6 Å². The fourth-order valence-electron chi connectivity index (χ4n) is 4.54. The molecule has 0 N–H and O–H groups in total. The van der Waals surface area contributed by atoms with Gasteiger partial charge in [-0.3, -0.25) is 0 Å². The van der Waals surface area contributed by atoms with Gasteiger partial charge in [-0.15, -0.1) is 0 Å². The average Bonchev–Trinajstić information content (AvgIpc) is 2.80. The zero-order valence-electron chi connectivity index (χ0n) is 14.6. The normalized spacial score (nSPS) is 28.9. The van der Waals surface area contributed by atoms with E-state index in [1.807, 2.05) is 0 Å². The third-order valence-corrected chi connectivity index (χ3v) is 6.35. The van der Waals surface area contributed by atoms with Gasteiger partial charge in [-0.05, 0) is 77.9 Å². The molecule has 1 spiro atoms. The van der Waals surface area contributed by atoms with Crippen molar-refractivity contribution in [3.05, 3.63) is 0 Å². The third kappa shape index (κ3) is 3.46. The SMILES string of the molecule is CC(C)N1CC(CN2CCC3(CC2)CCN(C(C)C)C3)C1. The van der Waals surface area contributed by atoms with Crippen LogP contribution in [0.2, 0.25) is 0 Å². The number of rotatable bonds is 4. The zero-order chi connectivity index (χ0) is 15.0. The Balaban J connectivity index is 1.40. The molecule has 3 heteroatoms. The molecule has 0 amide bonds. The molecule has 3 fully saturated rings. The molecule has 3 aliphatic heterocycles. The van der Waals surface area contributed by atoms with E-state index in [1.54, 1.807) is 0 Å². The summed E-state index contributed by atoms with van der Waals surface area (Å²) >= 11 is 0. The molecule has 3 aliphatic rings. The summed E-state index contributed by atoms with van der Waals surface area (Å²) in [4.78, 5) is 8.06. The van der Waals surface area contributed by atoms with E-state index < -0.39 is 0 Å². The minimum atomic E-state index is 0.671. The van der Waals surface area contributed by atoms with Crippen molar-refractivity contribution in [1.29, 1.82) is 0 Å². The Hall–Kier alpha value is -0.120. The second-order valence-corrected chi connectivity index (χ2v) is 8.53. The summed E-state index contributed by atoms with van der Waals surface area (Å²) < 4.78 is 0. The van der Waals surface area contributed by atoms with Crippen molar-refractivity contribution in [2.45, 2.75) is 59.0 Å². The molecule has 0 saturated carbocycles. The van der Waals surface area contributed by atoms with Crippen LogP contribution in [0.3, 0.4) is 0 Å². The molecular weight excluding hydrogens is 258 g/mol. The van der Waals surface area contributed by atoms with Gasteiger partial charge in [0.25, 0.3) is 0 Å². The van der Waals surface area contributed by atoms with E-state index in [9.17, 15) is 0 Å². The van der Waals surface area contributed by atoms with Gasteiger partial charge in [-0.1, -0.05) is 0 Å². The van der Waals surface area contributed by atoms with Crippen molar-refractivity contribution in [2.75, 3.05) is 45.8 Å². The quantitative estimate of drug-likeness (QED) is 0.788. The number of likely N-dealkylation sites (tertiary alicyclic amines) is 3. The van der Waals surface area contributed by atoms with Crippen LogP contribution < -0.4 is 0 Å². The lowest BCUT2D eigenvalue weighted by Crippen LogP contribution is -2.55. The minimum Gasteiger partial charge on any atom is -0.303 e. The molecule has 0 aromatic carbocycles. The molecule has 0 atom stereocenters. The van der Waals surface area contributed by atoms with E-state index >= 15 is 0 Å². The predicted octanol–water partition coefficient (Wildman–Crippen LogP) is 2.52. The maximum Gasteiger partial charge on any atom is 0.00421 e. The molecule has 3 heterocycles. The van der Waals surface area contributed by atoms with Gasteiger partial charge < -0.3 is 14.7 Å². The molecule has 3 saturated heterocycles. The number of nitrogens with zero attached hydrogens (tertiary/aromatic N) is 3. The molecule has 122 valence electrons. The minimum absolute atomic E-state index is 0.671. The second-order valence-electron chi connectivity index (χ2n) is 8.53. The van der Waals surface area contributed by atoms with Gasteiger partial charge in [0.2, 0.25) is 0 Å². The van der Waals surface area contributed by atoms with Gasteiger partial charge in [0.1, 0.15) is 0 Å². The molecule has 0 unspecified atom stereocenters. The first-order valence-corrected chi connectivity index (χ1v) is 9.18. The van der Waals surface area contributed by atoms with E-state index in [2.05, 4.69) is 42.4 Å². The number of hydrogen-bond acceptors (Lipinski definition) is 3. The van der Waals surface area contributed by atoms with Crippen LogP contribution in [0.15, 0.2) is 0 Å². The van der Waals surface area contributed by atoms with Gasteiger partial charge in [-0.2, -0.15) is 0 Å². The lowest BCUT2D eigenvalue weighted by molar-refractivity contribution is 0.0227. The van der Waals surface area contributed by atoms with Crippen LogP contribution in [0.4, 0.5) is 0 Å². The van der Waals surface area contributed by atoms with Gasteiger partial charge in [-0.25, -0.2) is 0 Å². The third-order valence-electron chi connectivity index (χ3n) is 6.35. The van der Waals surface area contributed by atoms with E-state index in [0.29, 0.717) is 5.41 Å². The van der Waals surface area contributed by atoms with Crippen molar-refractivity contribution in [2.24, 2.45) is 11.3 Å². The van der Waals surface area contributed by atoms with E-state index in [1.165, 1.54) is 65.1 Å². The van der Waals surface area contributed by atoms with Crippen LogP contribution in [0, 0.1) is 11.3 Å². The summed E-state index contributed by atoms with van der Waals surface area (Å²) in [5.74, 6) is 0.942. The Labute approximate surface area is 131 Å². The van der Waals surface area contributed by atoms with E-state index in [-0.39, 0.29) is 0 Å². The molecule has 0 radical (unpaired) electrons. The Morgan fingerprint density at radius 1 is 0.857 bits per heavy atom. The first-order chi connectivity index (χ1) is 9.97. The number of piperidine rings is 1.